The van der Waals surface area contributed by atoms with Crippen molar-refractivity contribution in [1.82, 2.24) is 20.2 Å². The fourth-order valence-corrected chi connectivity index (χ4v) is 4.40. The molecule has 0 spiro atoms. The number of rotatable bonds is 5. The zero-order chi connectivity index (χ0) is 19.8. The van der Waals surface area contributed by atoms with Crippen molar-refractivity contribution in [1.29, 1.82) is 0 Å². The molecule has 3 N–H and O–H groups in total. The van der Waals surface area contributed by atoms with Gasteiger partial charge in [0, 0.05) is 5.69 Å². The molecule has 0 saturated heterocycles. The van der Waals surface area contributed by atoms with Crippen LogP contribution in [0.15, 0.2) is 41.3 Å². The van der Waals surface area contributed by atoms with Gasteiger partial charge in [-0.2, -0.15) is 0 Å². The van der Waals surface area contributed by atoms with Crippen molar-refractivity contribution in [3.05, 3.63) is 58.9 Å². The van der Waals surface area contributed by atoms with E-state index in [1.807, 2.05) is 19.1 Å². The largest absolute Gasteiger partial charge is 0.363 e. The summed E-state index contributed by atoms with van der Waals surface area (Å²) >= 11 is 0. The Bertz CT molecular complexity index is 1100. The SMILES string of the molecule is Cc1cc(C)c(S(=O)(=O)Nc2ccc(-n3nnc(C(N)=O)n3)cc2)c(C)c1. The number of anilines is 1. The maximum atomic E-state index is 12.8. The fourth-order valence-electron chi connectivity index (χ4n) is 2.88. The van der Waals surface area contributed by atoms with E-state index in [4.69, 9.17) is 5.73 Å². The van der Waals surface area contributed by atoms with Gasteiger partial charge in [-0.15, -0.1) is 15.0 Å². The van der Waals surface area contributed by atoms with Gasteiger partial charge < -0.3 is 5.73 Å². The number of hydrogen-bond donors (Lipinski definition) is 2. The highest BCUT2D eigenvalue weighted by Crippen LogP contribution is 2.24. The number of aryl methyl sites for hydroxylation is 3. The van der Waals surface area contributed by atoms with Crippen molar-refractivity contribution in [2.45, 2.75) is 25.7 Å². The van der Waals surface area contributed by atoms with Crippen LogP contribution in [0.1, 0.15) is 27.3 Å². The number of nitrogens with zero attached hydrogens (tertiary/aromatic N) is 4. The molecule has 0 aliphatic heterocycles. The predicted molar refractivity (Wildman–Crippen MR) is 99.1 cm³/mol. The first kappa shape index (κ1) is 18.5. The summed E-state index contributed by atoms with van der Waals surface area (Å²) in [5, 5.41) is 11.1. The second kappa shape index (κ2) is 6.80. The minimum atomic E-state index is -3.74. The molecule has 0 aliphatic rings. The molecule has 0 unspecified atom stereocenters. The summed E-state index contributed by atoms with van der Waals surface area (Å²) in [6.45, 7) is 5.46. The number of aromatic nitrogens is 4. The zero-order valence-corrected chi connectivity index (χ0v) is 15.8. The third-order valence-corrected chi connectivity index (χ3v) is 5.54. The van der Waals surface area contributed by atoms with Crippen LogP contribution >= 0.6 is 0 Å². The predicted octanol–water partition coefficient (Wildman–Crippen LogP) is 1.49. The standard InChI is InChI=1S/C17H18N6O3S/c1-10-8-11(2)15(12(3)9-10)27(25,26)21-13-4-6-14(7-5-13)23-20-17(16(18)24)19-22-23/h4-9,21H,1-3H3,(H2,18,24). The summed E-state index contributed by atoms with van der Waals surface area (Å²) in [5.74, 6) is -0.987. The molecule has 1 aromatic heterocycles. The Hall–Kier alpha value is -3.27. The van der Waals surface area contributed by atoms with Crippen LogP contribution in [0.3, 0.4) is 0 Å². The summed E-state index contributed by atoms with van der Waals surface area (Å²) < 4.78 is 28.1. The second-order valence-electron chi connectivity index (χ2n) is 6.15. The van der Waals surface area contributed by atoms with Gasteiger partial charge in [0.05, 0.1) is 10.6 Å². The first-order chi connectivity index (χ1) is 12.7. The lowest BCUT2D eigenvalue weighted by atomic mass is 10.1. The molecule has 140 valence electrons. The van der Waals surface area contributed by atoms with Crippen LogP contribution < -0.4 is 10.5 Å². The summed E-state index contributed by atoms with van der Waals surface area (Å²) in [6, 6.07) is 9.99. The third-order valence-electron chi connectivity index (χ3n) is 3.86. The van der Waals surface area contributed by atoms with E-state index in [0.29, 0.717) is 22.5 Å². The number of primary amides is 1. The van der Waals surface area contributed by atoms with E-state index in [1.165, 1.54) is 0 Å². The summed E-state index contributed by atoms with van der Waals surface area (Å²) in [6.07, 6.45) is 0. The lowest BCUT2D eigenvalue weighted by molar-refractivity contribution is 0.0990. The van der Waals surface area contributed by atoms with E-state index in [-0.39, 0.29) is 10.7 Å². The number of nitrogens with one attached hydrogen (secondary N) is 1. The van der Waals surface area contributed by atoms with E-state index in [2.05, 4.69) is 20.1 Å². The molecule has 9 nitrogen and oxygen atoms in total. The molecule has 0 bridgehead atoms. The molecule has 1 heterocycles. The Morgan fingerprint density at radius 2 is 1.67 bits per heavy atom. The average Bonchev–Trinajstić information content (AvgIpc) is 3.04. The Morgan fingerprint density at radius 1 is 1.07 bits per heavy atom. The van der Waals surface area contributed by atoms with Gasteiger partial charge in [0.2, 0.25) is 0 Å². The number of carbonyl (C=O) groups excluding carboxylic acids is 1. The highest BCUT2D eigenvalue weighted by atomic mass is 32.2. The van der Waals surface area contributed by atoms with Gasteiger partial charge in [0.15, 0.2) is 0 Å². The first-order valence-corrected chi connectivity index (χ1v) is 9.46. The first-order valence-electron chi connectivity index (χ1n) is 7.98. The molecular formula is C17H18N6O3S. The molecule has 27 heavy (non-hydrogen) atoms. The van der Waals surface area contributed by atoms with Crippen molar-refractivity contribution in [2.24, 2.45) is 5.73 Å². The van der Waals surface area contributed by atoms with Crippen LogP contribution in [0.25, 0.3) is 5.69 Å². The van der Waals surface area contributed by atoms with Gasteiger partial charge in [0.25, 0.3) is 21.8 Å². The van der Waals surface area contributed by atoms with Crippen LogP contribution in [-0.4, -0.2) is 34.5 Å². The van der Waals surface area contributed by atoms with Gasteiger partial charge in [-0.05, 0) is 61.4 Å². The number of sulfonamides is 1. The van der Waals surface area contributed by atoms with Gasteiger partial charge in [-0.25, -0.2) is 8.42 Å². The molecular weight excluding hydrogens is 368 g/mol. The molecule has 0 saturated carbocycles. The van der Waals surface area contributed by atoms with E-state index < -0.39 is 15.9 Å². The Labute approximate surface area is 156 Å². The Morgan fingerprint density at radius 3 is 2.19 bits per heavy atom. The number of hydrogen-bond acceptors (Lipinski definition) is 6. The smallest absolute Gasteiger partial charge is 0.290 e. The van der Waals surface area contributed by atoms with E-state index >= 15 is 0 Å². The molecule has 3 rings (SSSR count). The van der Waals surface area contributed by atoms with E-state index in [0.717, 1.165) is 10.4 Å². The quantitative estimate of drug-likeness (QED) is 0.682. The van der Waals surface area contributed by atoms with Crippen LogP contribution in [-0.2, 0) is 10.0 Å². The fraction of sp³-hybridized carbons (Fsp3) is 0.176. The molecule has 3 aromatic rings. The minimum Gasteiger partial charge on any atom is -0.363 e. The van der Waals surface area contributed by atoms with Crippen LogP contribution in [0.5, 0.6) is 0 Å². The Balaban J connectivity index is 1.87. The molecule has 0 radical (unpaired) electrons. The number of amides is 1. The lowest BCUT2D eigenvalue weighted by Crippen LogP contribution is -2.16. The van der Waals surface area contributed by atoms with Crippen LogP contribution in [0, 0.1) is 20.8 Å². The normalized spacial score (nSPS) is 11.4. The number of carbonyl (C=O) groups is 1. The molecule has 1 amide bonds. The maximum absolute atomic E-state index is 12.8. The van der Waals surface area contributed by atoms with Gasteiger partial charge in [0.1, 0.15) is 0 Å². The Kier molecular flexibility index (Phi) is 4.66. The van der Waals surface area contributed by atoms with Gasteiger partial charge in [-0.3, -0.25) is 9.52 Å². The molecule has 0 atom stereocenters. The lowest BCUT2D eigenvalue weighted by Gasteiger charge is -2.14. The second-order valence-corrected chi connectivity index (χ2v) is 7.77. The van der Waals surface area contributed by atoms with Crippen molar-refractivity contribution < 1.29 is 13.2 Å². The number of nitrogens with two attached hydrogens (primary N) is 1. The number of tetrazole rings is 1. The topological polar surface area (TPSA) is 133 Å². The van der Waals surface area contributed by atoms with Gasteiger partial charge in [-0.1, -0.05) is 17.7 Å². The minimum absolute atomic E-state index is 0.204. The monoisotopic (exact) mass is 386 g/mol. The highest BCUT2D eigenvalue weighted by molar-refractivity contribution is 7.92. The van der Waals surface area contributed by atoms with Gasteiger partial charge >= 0.3 is 0 Å². The number of benzene rings is 2. The molecule has 10 heteroatoms. The van der Waals surface area contributed by atoms with Crippen molar-refractivity contribution in [2.75, 3.05) is 4.72 Å². The summed E-state index contributed by atoms with van der Waals surface area (Å²) in [4.78, 5) is 12.4. The van der Waals surface area contributed by atoms with E-state index in [1.54, 1.807) is 38.1 Å². The van der Waals surface area contributed by atoms with Crippen molar-refractivity contribution >= 4 is 21.6 Å². The van der Waals surface area contributed by atoms with Crippen molar-refractivity contribution in [3.63, 3.8) is 0 Å². The van der Waals surface area contributed by atoms with Crippen LogP contribution in [0.2, 0.25) is 0 Å². The molecule has 2 aromatic carbocycles. The van der Waals surface area contributed by atoms with Crippen LogP contribution in [0.4, 0.5) is 5.69 Å². The molecule has 0 aliphatic carbocycles. The average molecular weight is 386 g/mol. The summed E-state index contributed by atoms with van der Waals surface area (Å²) in [5.41, 5.74) is 8.35. The maximum Gasteiger partial charge on any atom is 0.290 e. The summed E-state index contributed by atoms with van der Waals surface area (Å²) in [7, 11) is -3.74. The zero-order valence-electron chi connectivity index (χ0n) is 15.0. The highest BCUT2D eigenvalue weighted by Gasteiger charge is 2.20. The molecule has 0 fully saturated rings. The van der Waals surface area contributed by atoms with E-state index in [9.17, 15) is 13.2 Å². The van der Waals surface area contributed by atoms with Crippen molar-refractivity contribution in [3.8, 4) is 5.69 Å². The third kappa shape index (κ3) is 3.80.